The van der Waals surface area contributed by atoms with E-state index in [1.165, 1.54) is 0 Å². The minimum absolute atomic E-state index is 0.0870. The minimum Gasteiger partial charge on any atom is -0.418 e. The Bertz CT molecular complexity index is 675. The average Bonchev–Trinajstić information content (AvgIpc) is 2.87. The number of hydrogen-bond acceptors (Lipinski definition) is 5. The number of nitrogens with one attached hydrogen (secondary N) is 2. The highest BCUT2D eigenvalue weighted by molar-refractivity contribution is 6.28. The largest absolute Gasteiger partial charge is 0.418 e. The van der Waals surface area contributed by atoms with Crippen molar-refractivity contribution >= 4 is 22.6 Å². The average molecular weight is 251 g/mol. The molecule has 0 bridgehead atoms. The van der Waals surface area contributed by atoms with Gasteiger partial charge in [0.1, 0.15) is 5.39 Å². The van der Waals surface area contributed by atoms with Gasteiger partial charge >= 0.3 is 0 Å². The van der Waals surface area contributed by atoms with Crippen LogP contribution in [0.15, 0.2) is 12.3 Å². The minimum atomic E-state index is 0.0870. The summed E-state index contributed by atoms with van der Waals surface area (Å²) in [5.74, 6) is 0.736. The molecule has 17 heavy (non-hydrogen) atoms. The van der Waals surface area contributed by atoms with Crippen LogP contribution in [0, 0.1) is 6.92 Å². The SMILES string of the molecule is Cc1cc(Oc2nc(Cl)nc3[nH]ncc23)n[nH]1. The highest BCUT2D eigenvalue weighted by atomic mass is 35.5. The second-order valence-electron chi connectivity index (χ2n) is 3.42. The van der Waals surface area contributed by atoms with Gasteiger partial charge < -0.3 is 4.74 Å². The van der Waals surface area contributed by atoms with Crippen molar-refractivity contribution in [2.45, 2.75) is 6.92 Å². The lowest BCUT2D eigenvalue weighted by Crippen LogP contribution is -1.92. The Hall–Kier alpha value is -2.15. The molecule has 0 saturated carbocycles. The number of aromatic amines is 2. The highest BCUT2D eigenvalue weighted by Gasteiger charge is 2.11. The monoisotopic (exact) mass is 250 g/mol. The first-order valence-electron chi connectivity index (χ1n) is 4.79. The van der Waals surface area contributed by atoms with E-state index in [0.29, 0.717) is 22.8 Å². The first-order valence-corrected chi connectivity index (χ1v) is 5.16. The Kier molecular flexibility index (Phi) is 2.19. The molecule has 0 aromatic carbocycles. The van der Waals surface area contributed by atoms with E-state index in [4.69, 9.17) is 16.3 Å². The second-order valence-corrected chi connectivity index (χ2v) is 3.76. The molecule has 0 fully saturated rings. The highest BCUT2D eigenvalue weighted by Crippen LogP contribution is 2.26. The standard InChI is InChI=1S/C9H7ClN6O/c1-4-2-6(15-14-4)17-8-5-3-11-16-7(5)12-9(10)13-8/h2-3H,1H3,(H,14,15)(H,11,12,13,16). The van der Waals surface area contributed by atoms with E-state index >= 15 is 0 Å². The van der Waals surface area contributed by atoms with Crippen LogP contribution in [0.4, 0.5) is 0 Å². The molecule has 8 heteroatoms. The molecular weight excluding hydrogens is 244 g/mol. The van der Waals surface area contributed by atoms with Gasteiger partial charge in [0.05, 0.1) is 6.20 Å². The van der Waals surface area contributed by atoms with Crippen LogP contribution in [-0.4, -0.2) is 30.4 Å². The van der Waals surface area contributed by atoms with Crippen molar-refractivity contribution < 1.29 is 4.74 Å². The molecule has 0 unspecified atom stereocenters. The quantitative estimate of drug-likeness (QED) is 0.677. The number of hydrogen-bond donors (Lipinski definition) is 2. The Morgan fingerprint density at radius 1 is 1.29 bits per heavy atom. The Morgan fingerprint density at radius 2 is 2.18 bits per heavy atom. The van der Waals surface area contributed by atoms with E-state index in [-0.39, 0.29) is 5.28 Å². The van der Waals surface area contributed by atoms with Gasteiger partial charge in [-0.25, -0.2) is 0 Å². The Labute approximate surface area is 100 Å². The lowest BCUT2D eigenvalue weighted by atomic mass is 10.4. The smallest absolute Gasteiger partial charge is 0.240 e. The molecule has 0 aliphatic carbocycles. The van der Waals surface area contributed by atoms with Crippen LogP contribution < -0.4 is 4.74 Å². The zero-order valence-electron chi connectivity index (χ0n) is 8.73. The van der Waals surface area contributed by atoms with E-state index in [2.05, 4.69) is 30.4 Å². The molecule has 0 saturated heterocycles. The van der Waals surface area contributed by atoms with Gasteiger partial charge in [0.2, 0.25) is 17.0 Å². The first kappa shape index (κ1) is 10.0. The molecule has 0 aliphatic rings. The third kappa shape index (κ3) is 1.80. The molecule has 2 N–H and O–H groups in total. The Morgan fingerprint density at radius 3 is 2.94 bits per heavy atom. The number of H-pyrrole nitrogens is 2. The summed E-state index contributed by atoms with van der Waals surface area (Å²) in [5, 5.41) is 14.0. The predicted molar refractivity (Wildman–Crippen MR) is 60.1 cm³/mol. The summed E-state index contributed by atoms with van der Waals surface area (Å²) < 4.78 is 5.51. The molecule has 7 nitrogen and oxygen atoms in total. The van der Waals surface area contributed by atoms with Crippen molar-refractivity contribution in [3.8, 4) is 11.8 Å². The maximum Gasteiger partial charge on any atom is 0.240 e. The van der Waals surface area contributed by atoms with Crippen LogP contribution in [0.1, 0.15) is 5.69 Å². The molecule has 3 aromatic rings. The normalized spacial score (nSPS) is 10.9. The van der Waals surface area contributed by atoms with Crippen molar-refractivity contribution in [1.82, 2.24) is 30.4 Å². The summed E-state index contributed by atoms with van der Waals surface area (Å²) in [7, 11) is 0. The first-order chi connectivity index (χ1) is 8.22. The molecule has 0 atom stereocenters. The fraction of sp³-hybridized carbons (Fsp3) is 0.111. The van der Waals surface area contributed by atoms with E-state index in [9.17, 15) is 0 Å². The number of aromatic nitrogens is 6. The molecule has 3 heterocycles. The molecular formula is C9H7ClN6O. The molecule has 0 spiro atoms. The summed E-state index contributed by atoms with van der Waals surface area (Å²) in [6.07, 6.45) is 1.57. The number of halogens is 1. The summed E-state index contributed by atoms with van der Waals surface area (Å²) in [6, 6.07) is 1.75. The summed E-state index contributed by atoms with van der Waals surface area (Å²) in [6.45, 7) is 1.88. The van der Waals surface area contributed by atoms with Gasteiger partial charge in [-0.1, -0.05) is 0 Å². The number of ether oxygens (including phenoxy) is 1. The van der Waals surface area contributed by atoms with Gasteiger partial charge in [-0.3, -0.25) is 10.2 Å². The van der Waals surface area contributed by atoms with Crippen molar-refractivity contribution in [2.75, 3.05) is 0 Å². The third-order valence-electron chi connectivity index (χ3n) is 2.13. The van der Waals surface area contributed by atoms with Gasteiger partial charge in [-0.05, 0) is 18.5 Å². The van der Waals surface area contributed by atoms with E-state index in [1.54, 1.807) is 12.3 Å². The van der Waals surface area contributed by atoms with Crippen molar-refractivity contribution in [1.29, 1.82) is 0 Å². The Balaban J connectivity index is 2.07. The molecule has 0 radical (unpaired) electrons. The summed E-state index contributed by atoms with van der Waals surface area (Å²) in [5.41, 5.74) is 1.41. The lowest BCUT2D eigenvalue weighted by Gasteiger charge is -2.01. The van der Waals surface area contributed by atoms with Gasteiger partial charge in [0.15, 0.2) is 5.65 Å². The summed E-state index contributed by atoms with van der Waals surface area (Å²) in [4.78, 5) is 7.97. The fourth-order valence-corrected chi connectivity index (χ4v) is 1.57. The maximum absolute atomic E-state index is 5.77. The van der Waals surface area contributed by atoms with E-state index in [0.717, 1.165) is 5.69 Å². The summed E-state index contributed by atoms with van der Waals surface area (Å²) >= 11 is 5.77. The number of aryl methyl sites for hydroxylation is 1. The lowest BCUT2D eigenvalue weighted by molar-refractivity contribution is 0.448. The van der Waals surface area contributed by atoms with Crippen LogP contribution in [-0.2, 0) is 0 Å². The second kappa shape index (κ2) is 3.70. The van der Waals surface area contributed by atoms with Gasteiger partial charge in [0.25, 0.3) is 0 Å². The van der Waals surface area contributed by atoms with E-state index in [1.807, 2.05) is 6.92 Å². The van der Waals surface area contributed by atoms with Crippen LogP contribution in [0.25, 0.3) is 11.0 Å². The fourth-order valence-electron chi connectivity index (χ4n) is 1.40. The third-order valence-corrected chi connectivity index (χ3v) is 2.30. The number of nitrogens with zero attached hydrogens (tertiary/aromatic N) is 4. The van der Waals surface area contributed by atoms with Gasteiger partial charge in [-0.2, -0.15) is 15.1 Å². The zero-order valence-corrected chi connectivity index (χ0v) is 9.49. The van der Waals surface area contributed by atoms with Crippen LogP contribution in [0.3, 0.4) is 0 Å². The predicted octanol–water partition coefficient (Wildman–Crippen LogP) is 1.83. The maximum atomic E-state index is 5.77. The van der Waals surface area contributed by atoms with Crippen LogP contribution in [0.5, 0.6) is 11.8 Å². The van der Waals surface area contributed by atoms with Gasteiger partial charge in [0, 0.05) is 11.8 Å². The molecule has 0 aliphatic heterocycles. The topological polar surface area (TPSA) is 92.4 Å². The number of rotatable bonds is 2. The molecule has 86 valence electrons. The number of fused-ring (bicyclic) bond motifs is 1. The molecule has 3 rings (SSSR count). The van der Waals surface area contributed by atoms with Crippen molar-refractivity contribution in [3.63, 3.8) is 0 Å². The van der Waals surface area contributed by atoms with Crippen LogP contribution in [0.2, 0.25) is 5.28 Å². The van der Waals surface area contributed by atoms with Crippen molar-refractivity contribution in [2.24, 2.45) is 0 Å². The zero-order chi connectivity index (χ0) is 11.8. The van der Waals surface area contributed by atoms with Crippen molar-refractivity contribution in [3.05, 3.63) is 23.2 Å². The molecule has 3 aromatic heterocycles. The van der Waals surface area contributed by atoms with E-state index < -0.39 is 0 Å². The van der Waals surface area contributed by atoms with Gasteiger partial charge in [-0.15, -0.1) is 5.10 Å². The van der Waals surface area contributed by atoms with Crippen LogP contribution >= 0.6 is 11.6 Å². The molecule has 0 amide bonds.